The molecule has 2 nitrogen and oxygen atoms in total. The van der Waals surface area contributed by atoms with Crippen molar-refractivity contribution in [3.8, 4) is 0 Å². The van der Waals surface area contributed by atoms with Gasteiger partial charge in [0.05, 0.1) is 6.26 Å². The van der Waals surface area contributed by atoms with Crippen LogP contribution in [0.4, 0.5) is 0 Å². The zero-order chi connectivity index (χ0) is 13.4. The topological polar surface area (TPSA) is 39.2 Å². The molecule has 0 spiro atoms. The van der Waals surface area contributed by atoms with Crippen molar-refractivity contribution in [3.63, 3.8) is 0 Å². The van der Waals surface area contributed by atoms with Crippen LogP contribution in [0.25, 0.3) is 11.0 Å². The molecular formula is C18H21NO. The van der Waals surface area contributed by atoms with Crippen LogP contribution in [0.1, 0.15) is 44.1 Å². The molecule has 2 N–H and O–H groups in total. The van der Waals surface area contributed by atoms with Gasteiger partial charge in [0.25, 0.3) is 0 Å². The first-order valence-corrected chi connectivity index (χ1v) is 7.92. The first kappa shape index (κ1) is 11.4. The quantitative estimate of drug-likeness (QED) is 0.848. The molecule has 2 atom stereocenters. The van der Waals surface area contributed by atoms with Gasteiger partial charge in [-0.05, 0) is 56.4 Å². The van der Waals surface area contributed by atoms with E-state index in [1.807, 2.05) is 6.26 Å². The largest absolute Gasteiger partial charge is 0.464 e. The average Bonchev–Trinajstić information content (AvgIpc) is 2.80. The van der Waals surface area contributed by atoms with Gasteiger partial charge in [-0.25, -0.2) is 0 Å². The molecular weight excluding hydrogens is 246 g/mol. The predicted molar refractivity (Wildman–Crippen MR) is 79.5 cm³/mol. The van der Waals surface area contributed by atoms with Gasteiger partial charge < -0.3 is 10.2 Å². The lowest BCUT2D eigenvalue weighted by atomic mass is 9.45. The van der Waals surface area contributed by atoms with Crippen LogP contribution in [0, 0.1) is 11.8 Å². The van der Waals surface area contributed by atoms with Crippen LogP contribution in [0.2, 0.25) is 0 Å². The van der Waals surface area contributed by atoms with Gasteiger partial charge in [0.15, 0.2) is 0 Å². The molecule has 0 radical (unpaired) electrons. The lowest BCUT2D eigenvalue weighted by molar-refractivity contribution is -0.0223. The first-order valence-electron chi connectivity index (χ1n) is 7.92. The van der Waals surface area contributed by atoms with Crippen LogP contribution in [-0.4, -0.2) is 5.54 Å². The van der Waals surface area contributed by atoms with E-state index < -0.39 is 0 Å². The van der Waals surface area contributed by atoms with Gasteiger partial charge in [-0.15, -0.1) is 0 Å². The zero-order valence-electron chi connectivity index (χ0n) is 11.8. The summed E-state index contributed by atoms with van der Waals surface area (Å²) in [6, 6.07) is 8.48. The van der Waals surface area contributed by atoms with Crippen LogP contribution in [0.5, 0.6) is 0 Å². The van der Waals surface area contributed by atoms with Gasteiger partial charge in [0.2, 0.25) is 0 Å². The van der Waals surface area contributed by atoms with Crippen LogP contribution in [0.15, 0.2) is 34.9 Å². The van der Waals surface area contributed by atoms with Crippen LogP contribution >= 0.6 is 0 Å². The van der Waals surface area contributed by atoms with Crippen molar-refractivity contribution in [2.45, 2.75) is 49.5 Å². The molecule has 2 unspecified atom stereocenters. The van der Waals surface area contributed by atoms with E-state index in [1.165, 1.54) is 43.1 Å². The Balaban J connectivity index is 1.70. The Kier molecular flexibility index (Phi) is 1.98. The molecule has 104 valence electrons. The first-order chi connectivity index (χ1) is 9.66. The highest BCUT2D eigenvalue weighted by atomic mass is 16.3. The molecule has 4 saturated carbocycles. The Morgan fingerprint density at radius 3 is 2.55 bits per heavy atom. The van der Waals surface area contributed by atoms with Crippen molar-refractivity contribution in [1.82, 2.24) is 0 Å². The molecule has 4 fully saturated rings. The summed E-state index contributed by atoms with van der Waals surface area (Å²) in [5.74, 6) is 1.69. The predicted octanol–water partition coefficient (Wildman–Crippen LogP) is 3.98. The van der Waals surface area contributed by atoms with E-state index in [9.17, 15) is 0 Å². The van der Waals surface area contributed by atoms with E-state index in [-0.39, 0.29) is 5.54 Å². The Morgan fingerprint density at radius 2 is 1.80 bits per heavy atom. The number of hydrogen-bond acceptors (Lipinski definition) is 2. The molecule has 1 aromatic heterocycles. The van der Waals surface area contributed by atoms with Crippen molar-refractivity contribution >= 4 is 11.0 Å². The van der Waals surface area contributed by atoms with Gasteiger partial charge in [-0.1, -0.05) is 18.2 Å². The highest BCUT2D eigenvalue weighted by Crippen LogP contribution is 2.62. The summed E-state index contributed by atoms with van der Waals surface area (Å²) in [4.78, 5) is 0. The standard InChI is InChI=1S/C18H21NO/c19-18-8-12-5-13(9-18)7-17(6-12,11-18)15-10-20-16-4-2-1-3-14(15)16/h1-4,10,12-13H,5-9,11,19H2. The van der Waals surface area contributed by atoms with Crippen molar-refractivity contribution in [2.75, 3.05) is 0 Å². The Bertz CT molecular complexity index is 672. The van der Waals surface area contributed by atoms with E-state index in [0.29, 0.717) is 5.41 Å². The molecule has 1 aromatic carbocycles. The molecule has 0 saturated heterocycles. The summed E-state index contributed by atoms with van der Waals surface area (Å²) >= 11 is 0. The normalized spacial score (nSPS) is 42.5. The average molecular weight is 267 g/mol. The fourth-order valence-electron chi connectivity index (χ4n) is 6.04. The number of benzene rings is 1. The van der Waals surface area contributed by atoms with E-state index in [1.54, 1.807) is 0 Å². The number of hydrogen-bond donors (Lipinski definition) is 1. The highest BCUT2D eigenvalue weighted by molar-refractivity contribution is 5.82. The molecule has 20 heavy (non-hydrogen) atoms. The number of rotatable bonds is 1. The van der Waals surface area contributed by atoms with E-state index >= 15 is 0 Å². The maximum absolute atomic E-state index is 6.73. The lowest BCUT2D eigenvalue weighted by Crippen LogP contribution is -2.61. The highest BCUT2D eigenvalue weighted by Gasteiger charge is 2.57. The number of furan rings is 1. The minimum atomic E-state index is 0.0997. The molecule has 0 amide bonds. The summed E-state index contributed by atoms with van der Waals surface area (Å²) in [6.45, 7) is 0. The summed E-state index contributed by atoms with van der Waals surface area (Å²) in [5.41, 5.74) is 9.60. The third kappa shape index (κ3) is 1.38. The van der Waals surface area contributed by atoms with Gasteiger partial charge >= 0.3 is 0 Å². The van der Waals surface area contributed by atoms with Crippen molar-refractivity contribution in [2.24, 2.45) is 17.6 Å². The van der Waals surface area contributed by atoms with Gasteiger partial charge in [-0.2, -0.15) is 0 Å². The van der Waals surface area contributed by atoms with Crippen molar-refractivity contribution in [3.05, 3.63) is 36.1 Å². The fourth-order valence-corrected chi connectivity index (χ4v) is 6.04. The summed E-state index contributed by atoms with van der Waals surface area (Å²) < 4.78 is 5.83. The van der Waals surface area contributed by atoms with Crippen LogP contribution in [-0.2, 0) is 5.41 Å². The smallest absolute Gasteiger partial charge is 0.134 e. The number of fused-ring (bicyclic) bond motifs is 1. The maximum atomic E-state index is 6.73. The molecule has 2 aromatic rings. The monoisotopic (exact) mass is 267 g/mol. The third-order valence-corrected chi connectivity index (χ3v) is 6.16. The van der Waals surface area contributed by atoms with Gasteiger partial charge in [-0.3, -0.25) is 0 Å². The van der Waals surface area contributed by atoms with E-state index in [4.69, 9.17) is 10.2 Å². The second-order valence-corrected chi connectivity index (χ2v) is 7.75. The second kappa shape index (κ2) is 3.48. The Labute approximate surface area is 119 Å². The zero-order valence-corrected chi connectivity index (χ0v) is 11.8. The molecule has 0 aliphatic heterocycles. The lowest BCUT2D eigenvalue weighted by Gasteiger charge is -2.61. The van der Waals surface area contributed by atoms with Crippen molar-refractivity contribution < 1.29 is 4.42 Å². The fraction of sp³-hybridized carbons (Fsp3) is 0.556. The number of para-hydroxylation sites is 1. The molecule has 4 aliphatic carbocycles. The minimum absolute atomic E-state index is 0.0997. The van der Waals surface area contributed by atoms with Gasteiger partial charge in [0, 0.05) is 21.9 Å². The molecule has 2 heteroatoms. The second-order valence-electron chi connectivity index (χ2n) is 7.75. The van der Waals surface area contributed by atoms with Gasteiger partial charge in [0.1, 0.15) is 5.58 Å². The summed E-state index contributed by atoms with van der Waals surface area (Å²) in [5, 5.41) is 1.32. The molecule has 4 aliphatic rings. The Morgan fingerprint density at radius 1 is 1.05 bits per heavy atom. The maximum Gasteiger partial charge on any atom is 0.134 e. The van der Waals surface area contributed by atoms with E-state index in [2.05, 4.69) is 24.3 Å². The van der Waals surface area contributed by atoms with Crippen LogP contribution < -0.4 is 5.73 Å². The number of nitrogens with two attached hydrogens (primary N) is 1. The molecule has 6 rings (SSSR count). The van der Waals surface area contributed by atoms with E-state index in [0.717, 1.165) is 23.8 Å². The summed E-state index contributed by atoms with van der Waals surface area (Å²) in [6.07, 6.45) is 9.76. The summed E-state index contributed by atoms with van der Waals surface area (Å²) in [7, 11) is 0. The SMILES string of the molecule is NC12CC3CC(C1)CC(c1coc4ccccc14)(C3)C2. The minimum Gasteiger partial charge on any atom is -0.464 e. The molecule has 1 heterocycles. The third-order valence-electron chi connectivity index (χ3n) is 6.16. The van der Waals surface area contributed by atoms with Crippen molar-refractivity contribution in [1.29, 1.82) is 0 Å². The Hall–Kier alpha value is -1.28. The molecule has 4 bridgehead atoms. The van der Waals surface area contributed by atoms with Crippen LogP contribution in [0.3, 0.4) is 0 Å².